The Hall–Kier alpha value is -4.66. The number of aromatic nitrogens is 2. The van der Waals surface area contributed by atoms with Gasteiger partial charge in [-0.05, 0) is 53.4 Å². The molecule has 37 heavy (non-hydrogen) atoms. The molecule has 4 amide bonds. The Bertz CT molecular complexity index is 1510. The van der Waals surface area contributed by atoms with Crippen LogP contribution in [-0.4, -0.2) is 46.7 Å². The van der Waals surface area contributed by atoms with Crippen LogP contribution in [0.15, 0.2) is 60.7 Å². The highest BCUT2D eigenvalue weighted by molar-refractivity contribution is 5.98. The van der Waals surface area contributed by atoms with E-state index in [0.29, 0.717) is 24.3 Å². The molecule has 0 spiro atoms. The fourth-order valence-corrected chi connectivity index (χ4v) is 4.73. The van der Waals surface area contributed by atoms with Crippen molar-refractivity contribution in [1.29, 1.82) is 0 Å². The van der Waals surface area contributed by atoms with Crippen LogP contribution >= 0.6 is 0 Å². The van der Waals surface area contributed by atoms with Crippen molar-refractivity contribution in [2.75, 3.05) is 13.7 Å². The molecule has 4 aromatic rings. The van der Waals surface area contributed by atoms with Crippen LogP contribution in [0.5, 0.6) is 5.75 Å². The first-order valence-corrected chi connectivity index (χ1v) is 11.9. The number of amides is 4. The van der Waals surface area contributed by atoms with E-state index in [1.54, 1.807) is 18.1 Å². The molecule has 1 aliphatic heterocycles. The number of ether oxygens (including phenoxy) is 1. The van der Waals surface area contributed by atoms with Crippen LogP contribution in [-0.2, 0) is 18.4 Å². The van der Waals surface area contributed by atoms with Gasteiger partial charge in [-0.3, -0.25) is 19.6 Å². The van der Waals surface area contributed by atoms with E-state index >= 15 is 0 Å². The maximum absolute atomic E-state index is 13.1. The zero-order chi connectivity index (χ0) is 26.1. The van der Waals surface area contributed by atoms with Crippen LogP contribution in [0.1, 0.15) is 33.2 Å². The summed E-state index contributed by atoms with van der Waals surface area (Å²) in [5.74, 6) is 0.484. The Kier molecular flexibility index (Phi) is 6.35. The number of benzene rings is 3. The summed E-state index contributed by atoms with van der Waals surface area (Å²) < 4.78 is 7.13. The lowest BCUT2D eigenvalue weighted by molar-refractivity contribution is -0.108. The van der Waals surface area contributed by atoms with Crippen LogP contribution in [0, 0.1) is 6.92 Å². The molecule has 0 saturated carbocycles. The number of carbonyl (C=O) groups excluding carboxylic acids is 3. The fraction of sp³-hybridized carbons (Fsp3) is 0.214. The molecule has 0 saturated heterocycles. The zero-order valence-corrected chi connectivity index (χ0v) is 20.8. The minimum absolute atomic E-state index is 0.131. The number of aryl methyl sites for hydroxylation is 2. The molecule has 5 rings (SSSR count). The lowest BCUT2D eigenvalue weighted by Crippen LogP contribution is -2.42. The third-order valence-electron chi connectivity index (χ3n) is 6.87. The van der Waals surface area contributed by atoms with Gasteiger partial charge in [0.25, 0.3) is 5.91 Å². The van der Waals surface area contributed by atoms with Crippen LogP contribution in [0.3, 0.4) is 0 Å². The third-order valence-corrected chi connectivity index (χ3v) is 6.87. The average molecular weight is 498 g/mol. The molecular weight excluding hydrogens is 470 g/mol. The second kappa shape index (κ2) is 9.77. The summed E-state index contributed by atoms with van der Waals surface area (Å²) in [7, 11) is 3.49. The van der Waals surface area contributed by atoms with Gasteiger partial charge < -0.3 is 15.0 Å². The zero-order valence-electron chi connectivity index (χ0n) is 20.8. The Morgan fingerprint density at radius 1 is 1.11 bits per heavy atom. The van der Waals surface area contributed by atoms with Crippen molar-refractivity contribution in [3.05, 3.63) is 83.0 Å². The Morgan fingerprint density at radius 2 is 1.86 bits per heavy atom. The minimum Gasteiger partial charge on any atom is -0.497 e. The van der Waals surface area contributed by atoms with Crippen molar-refractivity contribution in [1.82, 2.24) is 25.3 Å². The lowest BCUT2D eigenvalue weighted by atomic mass is 9.99. The molecule has 9 heteroatoms. The molecule has 188 valence electrons. The van der Waals surface area contributed by atoms with E-state index in [4.69, 9.17) is 4.74 Å². The maximum Gasteiger partial charge on any atom is 0.321 e. The van der Waals surface area contributed by atoms with E-state index < -0.39 is 12.1 Å². The first-order valence-electron chi connectivity index (χ1n) is 11.9. The van der Waals surface area contributed by atoms with E-state index in [2.05, 4.69) is 21.8 Å². The van der Waals surface area contributed by atoms with Crippen molar-refractivity contribution < 1.29 is 19.1 Å². The molecule has 0 bridgehead atoms. The van der Waals surface area contributed by atoms with Gasteiger partial charge in [0.15, 0.2) is 0 Å². The summed E-state index contributed by atoms with van der Waals surface area (Å²) in [5.41, 5.74) is 6.40. The van der Waals surface area contributed by atoms with Gasteiger partial charge >= 0.3 is 6.03 Å². The Balaban J connectivity index is 1.40. The number of methoxy groups -OCH3 is 1. The molecular formula is C28H27N5O4. The molecule has 0 fully saturated rings. The lowest BCUT2D eigenvalue weighted by Gasteiger charge is -2.25. The number of nitrogens with one attached hydrogen (secondary N) is 2. The number of nitrogens with zero attached hydrogens (tertiary/aromatic N) is 3. The van der Waals surface area contributed by atoms with Crippen molar-refractivity contribution in [2.45, 2.75) is 19.5 Å². The highest BCUT2D eigenvalue weighted by Crippen LogP contribution is 2.30. The van der Waals surface area contributed by atoms with E-state index in [0.717, 1.165) is 38.9 Å². The number of carbonyl (C=O) groups is 3. The topological polar surface area (TPSA) is 106 Å². The van der Waals surface area contributed by atoms with E-state index in [-0.39, 0.29) is 12.5 Å². The summed E-state index contributed by atoms with van der Waals surface area (Å²) in [6.07, 6.45) is 0.329. The molecule has 0 radical (unpaired) electrons. The number of rotatable bonds is 7. The highest BCUT2D eigenvalue weighted by Gasteiger charge is 2.30. The standard InChI is InChI=1S/C28H27N5O4/c1-17-23-12-20(9-11-25(23)31-32(17)2)18-4-6-19(7-5-18)26(30-28(36)29-16-34)15-33-14-21-8-10-22(37-3)13-24(21)27(33)35/h4-13,16,26H,14-15H2,1-3H3,(H2,29,30,34,36)/t26-/m0/s1. The molecule has 2 heterocycles. The molecule has 9 nitrogen and oxygen atoms in total. The highest BCUT2D eigenvalue weighted by atomic mass is 16.5. The van der Waals surface area contributed by atoms with Gasteiger partial charge in [0, 0.05) is 36.8 Å². The Labute approximate surface area is 214 Å². The van der Waals surface area contributed by atoms with Crippen molar-refractivity contribution in [3.8, 4) is 16.9 Å². The van der Waals surface area contributed by atoms with Crippen LogP contribution in [0.25, 0.3) is 22.0 Å². The fourth-order valence-electron chi connectivity index (χ4n) is 4.73. The molecule has 1 aromatic heterocycles. The van der Waals surface area contributed by atoms with Gasteiger partial charge in [0.2, 0.25) is 6.41 Å². The maximum atomic E-state index is 13.1. The van der Waals surface area contributed by atoms with Gasteiger partial charge in [0.1, 0.15) is 5.75 Å². The molecule has 2 N–H and O–H groups in total. The first-order chi connectivity index (χ1) is 17.9. The first kappa shape index (κ1) is 24.1. The summed E-state index contributed by atoms with van der Waals surface area (Å²) >= 11 is 0. The predicted octanol–water partition coefficient (Wildman–Crippen LogP) is 3.71. The van der Waals surface area contributed by atoms with Crippen molar-refractivity contribution in [3.63, 3.8) is 0 Å². The quantitative estimate of drug-likeness (QED) is 0.379. The second-order valence-electron chi connectivity index (χ2n) is 9.06. The molecule has 1 aliphatic rings. The largest absolute Gasteiger partial charge is 0.497 e. The summed E-state index contributed by atoms with van der Waals surface area (Å²) in [5, 5.41) is 10.5. The second-order valence-corrected chi connectivity index (χ2v) is 9.06. The van der Waals surface area contributed by atoms with E-state index in [1.165, 1.54) is 0 Å². The predicted molar refractivity (Wildman–Crippen MR) is 139 cm³/mol. The normalized spacial score (nSPS) is 13.4. The van der Waals surface area contributed by atoms with Gasteiger partial charge in [0.05, 0.1) is 18.7 Å². The van der Waals surface area contributed by atoms with Gasteiger partial charge in [-0.2, -0.15) is 5.10 Å². The molecule has 0 aliphatic carbocycles. The van der Waals surface area contributed by atoms with Crippen LogP contribution in [0.4, 0.5) is 4.79 Å². The summed E-state index contributed by atoms with van der Waals surface area (Å²) in [4.78, 5) is 37.8. The Morgan fingerprint density at radius 3 is 2.59 bits per heavy atom. The summed E-state index contributed by atoms with van der Waals surface area (Å²) in [6, 6.07) is 18.3. The van der Waals surface area contributed by atoms with Crippen LogP contribution < -0.4 is 15.4 Å². The van der Waals surface area contributed by atoms with Crippen molar-refractivity contribution >= 4 is 29.3 Å². The SMILES string of the molecule is COc1ccc2c(c1)C(=O)N(C[C@H](NC(=O)NC=O)c1ccc(-c3ccc4nn(C)c(C)c4c3)cc1)C2. The molecule has 0 unspecified atom stereocenters. The molecule has 1 atom stereocenters. The van der Waals surface area contributed by atoms with E-state index in [9.17, 15) is 14.4 Å². The molecule has 3 aromatic carbocycles. The van der Waals surface area contributed by atoms with Crippen molar-refractivity contribution in [2.24, 2.45) is 7.05 Å². The van der Waals surface area contributed by atoms with Crippen LogP contribution in [0.2, 0.25) is 0 Å². The number of fused-ring (bicyclic) bond motifs is 2. The van der Waals surface area contributed by atoms with Gasteiger partial charge in [-0.1, -0.05) is 36.4 Å². The number of imide groups is 1. The van der Waals surface area contributed by atoms with E-state index in [1.807, 2.05) is 67.2 Å². The number of hydrogen-bond acceptors (Lipinski definition) is 5. The third kappa shape index (κ3) is 4.63. The average Bonchev–Trinajstić information content (AvgIpc) is 3.37. The number of urea groups is 1. The minimum atomic E-state index is -0.632. The van der Waals surface area contributed by atoms with Gasteiger partial charge in [-0.15, -0.1) is 0 Å². The van der Waals surface area contributed by atoms with Gasteiger partial charge in [-0.25, -0.2) is 4.79 Å². The summed E-state index contributed by atoms with van der Waals surface area (Å²) in [6.45, 7) is 2.70. The smallest absolute Gasteiger partial charge is 0.321 e. The number of hydrogen-bond donors (Lipinski definition) is 2. The monoisotopic (exact) mass is 497 g/mol.